The van der Waals surface area contributed by atoms with E-state index in [0.29, 0.717) is 17.8 Å². The number of carbonyl (C=O) groups excluding carboxylic acids is 3. The summed E-state index contributed by atoms with van der Waals surface area (Å²) in [5.74, 6) is -1.84. The van der Waals surface area contributed by atoms with E-state index in [1.54, 1.807) is 0 Å². The first-order chi connectivity index (χ1) is 14.3. The molecule has 10 nitrogen and oxygen atoms in total. The van der Waals surface area contributed by atoms with Crippen LogP contribution in [0, 0.1) is 0 Å². The second-order valence-electron chi connectivity index (χ2n) is 6.42. The van der Waals surface area contributed by atoms with E-state index in [4.69, 9.17) is 4.42 Å². The van der Waals surface area contributed by atoms with Gasteiger partial charge in [0, 0.05) is 18.7 Å². The minimum Gasteiger partial charge on any atom is -0.444 e. The molecule has 1 aliphatic heterocycles. The Kier molecular flexibility index (Phi) is 6.90. The highest BCUT2D eigenvalue weighted by molar-refractivity contribution is 9.10. The number of sulfonamides is 1. The Balaban J connectivity index is 1.48. The number of benzene rings is 1. The van der Waals surface area contributed by atoms with Gasteiger partial charge in [-0.25, -0.2) is 8.42 Å². The van der Waals surface area contributed by atoms with Gasteiger partial charge >= 0.3 is 0 Å². The Morgan fingerprint density at radius 2 is 1.63 bits per heavy atom. The number of hydrogen-bond acceptors (Lipinski definition) is 6. The van der Waals surface area contributed by atoms with E-state index in [2.05, 4.69) is 32.1 Å². The molecule has 3 N–H and O–H groups in total. The van der Waals surface area contributed by atoms with Crippen LogP contribution in [-0.4, -0.2) is 50.1 Å². The van der Waals surface area contributed by atoms with Gasteiger partial charge in [0.15, 0.2) is 10.4 Å². The summed E-state index contributed by atoms with van der Waals surface area (Å²) in [6.45, 7) is 0.596. The van der Waals surface area contributed by atoms with Gasteiger partial charge in [-0.15, -0.1) is 0 Å². The molecule has 1 aromatic carbocycles. The predicted molar refractivity (Wildman–Crippen MR) is 109 cm³/mol. The van der Waals surface area contributed by atoms with Gasteiger partial charge in [-0.2, -0.15) is 4.31 Å². The third-order valence-electron chi connectivity index (χ3n) is 4.34. The fourth-order valence-corrected chi connectivity index (χ4v) is 4.61. The smallest absolute Gasteiger partial charge is 0.287 e. The molecule has 2 heterocycles. The maximum atomic E-state index is 12.5. The lowest BCUT2D eigenvalue weighted by molar-refractivity contribution is -0.120. The molecule has 0 atom stereocenters. The maximum Gasteiger partial charge on any atom is 0.287 e. The molecule has 0 radical (unpaired) electrons. The predicted octanol–water partition coefficient (Wildman–Crippen LogP) is 1.02. The summed E-state index contributed by atoms with van der Waals surface area (Å²) in [6, 6.07) is 8.41. The van der Waals surface area contributed by atoms with Gasteiger partial charge in [0.25, 0.3) is 17.7 Å². The number of amides is 3. The Labute approximate surface area is 181 Å². The highest BCUT2D eigenvalue weighted by Crippen LogP contribution is 2.21. The molecule has 0 bridgehead atoms. The average molecular weight is 499 g/mol. The zero-order chi connectivity index (χ0) is 21.7. The lowest BCUT2D eigenvalue weighted by atomic mass is 10.2. The first kappa shape index (κ1) is 22.0. The summed E-state index contributed by atoms with van der Waals surface area (Å²) >= 11 is 3.07. The van der Waals surface area contributed by atoms with E-state index in [1.807, 2.05) is 0 Å². The van der Waals surface area contributed by atoms with Gasteiger partial charge in [0.1, 0.15) is 0 Å². The minimum atomic E-state index is -3.56. The molecule has 3 rings (SSSR count). The SMILES string of the molecule is O=C(CNC(=O)c1ccc(Br)o1)NNC(=O)c1ccc(S(=O)(=O)N2CCCC2)cc1. The van der Waals surface area contributed by atoms with Gasteiger partial charge in [0.05, 0.1) is 11.4 Å². The summed E-state index contributed by atoms with van der Waals surface area (Å²) in [7, 11) is -3.56. The molecule has 0 spiro atoms. The molecule has 1 fully saturated rings. The molecular formula is C18H19BrN4O6S. The minimum absolute atomic E-state index is 0.0303. The van der Waals surface area contributed by atoms with E-state index in [9.17, 15) is 22.8 Å². The zero-order valence-corrected chi connectivity index (χ0v) is 18.1. The Hall–Kier alpha value is -2.70. The summed E-state index contributed by atoms with van der Waals surface area (Å²) in [4.78, 5) is 35.8. The molecule has 1 aromatic heterocycles. The van der Waals surface area contributed by atoms with Crippen LogP contribution in [0.2, 0.25) is 0 Å². The first-order valence-corrected chi connectivity index (χ1v) is 11.2. The van der Waals surface area contributed by atoms with Crippen molar-refractivity contribution < 1.29 is 27.2 Å². The van der Waals surface area contributed by atoms with Crippen LogP contribution in [0.1, 0.15) is 33.8 Å². The number of hydrogen-bond donors (Lipinski definition) is 3. The van der Waals surface area contributed by atoms with Crippen molar-refractivity contribution in [3.8, 4) is 0 Å². The molecule has 0 saturated carbocycles. The second-order valence-corrected chi connectivity index (χ2v) is 9.14. The number of rotatable bonds is 6. The van der Waals surface area contributed by atoms with E-state index in [0.717, 1.165) is 12.8 Å². The number of nitrogens with one attached hydrogen (secondary N) is 3. The molecule has 1 saturated heterocycles. The number of nitrogens with zero attached hydrogens (tertiary/aromatic N) is 1. The quantitative estimate of drug-likeness (QED) is 0.508. The van der Waals surface area contributed by atoms with Gasteiger partial charge in [0.2, 0.25) is 10.0 Å². The summed E-state index contributed by atoms with van der Waals surface area (Å²) in [5.41, 5.74) is 4.53. The molecule has 3 amide bonds. The van der Waals surface area contributed by atoms with Crippen molar-refractivity contribution in [1.82, 2.24) is 20.5 Å². The van der Waals surface area contributed by atoms with Crippen LogP contribution >= 0.6 is 15.9 Å². The van der Waals surface area contributed by atoms with Crippen molar-refractivity contribution >= 4 is 43.7 Å². The van der Waals surface area contributed by atoms with E-state index < -0.39 is 27.7 Å². The summed E-state index contributed by atoms with van der Waals surface area (Å²) in [6.07, 6.45) is 1.66. The Morgan fingerprint density at radius 3 is 2.23 bits per heavy atom. The fourth-order valence-electron chi connectivity index (χ4n) is 2.78. The zero-order valence-electron chi connectivity index (χ0n) is 15.7. The molecule has 2 aromatic rings. The van der Waals surface area contributed by atoms with Crippen LogP contribution < -0.4 is 16.2 Å². The number of hydrazine groups is 1. The highest BCUT2D eigenvalue weighted by atomic mass is 79.9. The van der Waals surface area contributed by atoms with E-state index in [-0.39, 0.29) is 22.8 Å². The van der Waals surface area contributed by atoms with Crippen molar-refractivity contribution in [1.29, 1.82) is 0 Å². The fraction of sp³-hybridized carbons (Fsp3) is 0.278. The van der Waals surface area contributed by atoms with Crippen LogP contribution in [0.25, 0.3) is 0 Å². The third-order valence-corrected chi connectivity index (χ3v) is 6.68. The monoisotopic (exact) mass is 498 g/mol. The van der Waals surface area contributed by atoms with E-state index >= 15 is 0 Å². The van der Waals surface area contributed by atoms with Gasteiger partial charge in [-0.05, 0) is 65.2 Å². The van der Waals surface area contributed by atoms with Crippen LogP contribution in [0.15, 0.2) is 50.4 Å². The number of carbonyl (C=O) groups is 3. The number of halogens is 1. The lowest BCUT2D eigenvalue weighted by Crippen LogP contribution is -2.46. The topological polar surface area (TPSA) is 138 Å². The molecule has 1 aliphatic rings. The molecular weight excluding hydrogens is 480 g/mol. The van der Waals surface area contributed by atoms with Crippen molar-refractivity contribution in [3.05, 3.63) is 52.4 Å². The van der Waals surface area contributed by atoms with Crippen molar-refractivity contribution in [3.63, 3.8) is 0 Å². The summed E-state index contributed by atoms with van der Waals surface area (Å²) in [5, 5.41) is 2.34. The first-order valence-electron chi connectivity index (χ1n) is 9.00. The average Bonchev–Trinajstić information content (AvgIpc) is 3.42. The van der Waals surface area contributed by atoms with Crippen molar-refractivity contribution in [2.75, 3.05) is 19.6 Å². The lowest BCUT2D eigenvalue weighted by Gasteiger charge is -2.15. The molecule has 12 heteroatoms. The Morgan fingerprint density at radius 1 is 0.967 bits per heavy atom. The van der Waals surface area contributed by atoms with E-state index in [1.165, 1.54) is 40.7 Å². The Bertz CT molecular complexity index is 1040. The van der Waals surface area contributed by atoms with Crippen LogP contribution in [-0.2, 0) is 14.8 Å². The second kappa shape index (κ2) is 9.41. The van der Waals surface area contributed by atoms with Crippen LogP contribution in [0.4, 0.5) is 0 Å². The maximum absolute atomic E-state index is 12.5. The van der Waals surface area contributed by atoms with Crippen molar-refractivity contribution in [2.45, 2.75) is 17.7 Å². The molecule has 160 valence electrons. The largest absolute Gasteiger partial charge is 0.444 e. The molecule has 0 unspecified atom stereocenters. The third kappa shape index (κ3) is 5.26. The van der Waals surface area contributed by atoms with Crippen LogP contribution in [0.3, 0.4) is 0 Å². The summed E-state index contributed by atoms with van der Waals surface area (Å²) < 4.78 is 31.8. The molecule has 30 heavy (non-hydrogen) atoms. The normalized spacial score (nSPS) is 14.3. The van der Waals surface area contributed by atoms with Crippen LogP contribution in [0.5, 0.6) is 0 Å². The van der Waals surface area contributed by atoms with Gasteiger partial charge < -0.3 is 9.73 Å². The molecule has 0 aliphatic carbocycles. The standard InChI is InChI=1S/C18H19BrN4O6S/c19-15-8-7-14(29-15)18(26)20-11-16(24)21-22-17(25)12-3-5-13(6-4-12)30(27,28)23-9-1-2-10-23/h3-8H,1-2,9-11H2,(H,20,26)(H,21,24)(H,22,25). The van der Waals surface area contributed by atoms with Crippen molar-refractivity contribution in [2.24, 2.45) is 0 Å². The van der Waals surface area contributed by atoms with Gasteiger partial charge in [-0.3, -0.25) is 25.2 Å². The van der Waals surface area contributed by atoms with Gasteiger partial charge in [-0.1, -0.05) is 0 Å². The highest BCUT2D eigenvalue weighted by Gasteiger charge is 2.27. The number of furan rings is 1.